The zero-order chi connectivity index (χ0) is 22.9. The van der Waals surface area contributed by atoms with Gasteiger partial charge in [-0.25, -0.2) is 8.42 Å². The molecule has 1 fully saturated rings. The number of nitrogens with zero attached hydrogens (tertiary/aromatic N) is 4. The van der Waals surface area contributed by atoms with Gasteiger partial charge in [-0.1, -0.05) is 22.9 Å². The van der Waals surface area contributed by atoms with Crippen molar-refractivity contribution in [3.05, 3.63) is 53.6 Å². The Balaban J connectivity index is 1.48. The summed E-state index contributed by atoms with van der Waals surface area (Å²) in [6.45, 7) is 0.280. The highest BCUT2D eigenvalue weighted by atomic mass is 35.5. The average molecular weight is 492 g/mol. The summed E-state index contributed by atoms with van der Waals surface area (Å²) in [6, 6.07) is 13.0. The minimum absolute atomic E-state index is 0.112. The standard InChI is InChI=1S/C21H22ClN5O3S2/c1-26(2)16-9-5-14(6-10-16)20-24-25-21(31-20)23-19(28)18-4-3-13-27(18)32(29,30)17-11-7-15(22)8-12-17/h5-12,18H,3-4,13H2,1-2H3,(H,23,25,28)/t18-/m0/s1. The summed E-state index contributed by atoms with van der Waals surface area (Å²) < 4.78 is 27.3. The molecule has 1 amide bonds. The third-order valence-electron chi connectivity index (χ3n) is 5.21. The molecule has 0 saturated carbocycles. The van der Waals surface area contributed by atoms with Gasteiger partial charge in [0.25, 0.3) is 0 Å². The largest absolute Gasteiger partial charge is 0.378 e. The van der Waals surface area contributed by atoms with Gasteiger partial charge in [0.05, 0.1) is 4.90 Å². The Morgan fingerprint density at radius 1 is 1.12 bits per heavy atom. The van der Waals surface area contributed by atoms with Crippen LogP contribution in [-0.2, 0) is 14.8 Å². The quantitative estimate of drug-likeness (QED) is 0.564. The van der Waals surface area contributed by atoms with Gasteiger partial charge >= 0.3 is 0 Å². The fourth-order valence-corrected chi connectivity index (χ4v) is 6.05. The lowest BCUT2D eigenvalue weighted by Crippen LogP contribution is -2.43. The van der Waals surface area contributed by atoms with Gasteiger partial charge in [-0.15, -0.1) is 10.2 Å². The second-order valence-electron chi connectivity index (χ2n) is 7.57. The molecule has 2 heterocycles. The first kappa shape index (κ1) is 22.7. The Labute approximate surface area is 195 Å². The molecule has 0 bridgehead atoms. The Morgan fingerprint density at radius 2 is 1.81 bits per heavy atom. The van der Waals surface area contributed by atoms with Crippen molar-refractivity contribution in [3.63, 3.8) is 0 Å². The van der Waals surface area contributed by atoms with Gasteiger partial charge in [-0.3, -0.25) is 10.1 Å². The number of benzene rings is 2. The summed E-state index contributed by atoms with van der Waals surface area (Å²) in [5.41, 5.74) is 1.96. The highest BCUT2D eigenvalue weighted by Gasteiger charge is 2.39. The summed E-state index contributed by atoms with van der Waals surface area (Å²) in [4.78, 5) is 15.0. The number of hydrogen-bond donors (Lipinski definition) is 1. The molecule has 3 aromatic rings. The van der Waals surface area contributed by atoms with E-state index < -0.39 is 22.0 Å². The molecule has 11 heteroatoms. The van der Waals surface area contributed by atoms with E-state index in [4.69, 9.17) is 11.6 Å². The van der Waals surface area contributed by atoms with Crippen molar-refractivity contribution in [2.75, 3.05) is 30.9 Å². The fraction of sp³-hybridized carbons (Fsp3) is 0.286. The van der Waals surface area contributed by atoms with Gasteiger partial charge in [0.1, 0.15) is 11.0 Å². The Morgan fingerprint density at radius 3 is 2.47 bits per heavy atom. The normalized spacial score (nSPS) is 16.8. The van der Waals surface area contributed by atoms with Crippen LogP contribution in [0.5, 0.6) is 0 Å². The number of aromatic nitrogens is 2. The Kier molecular flexibility index (Phi) is 6.47. The second kappa shape index (κ2) is 9.14. The van der Waals surface area contributed by atoms with E-state index in [0.29, 0.717) is 28.0 Å². The maximum absolute atomic E-state index is 13.1. The van der Waals surface area contributed by atoms with E-state index in [0.717, 1.165) is 11.3 Å². The van der Waals surface area contributed by atoms with Gasteiger partial charge in [-0.2, -0.15) is 4.31 Å². The molecule has 0 radical (unpaired) electrons. The molecular formula is C21H22ClN5O3S2. The van der Waals surface area contributed by atoms with Crippen LogP contribution in [0.1, 0.15) is 12.8 Å². The van der Waals surface area contributed by atoms with Gasteiger partial charge in [-0.05, 0) is 61.4 Å². The molecule has 0 aliphatic carbocycles. The van der Waals surface area contributed by atoms with Crippen molar-refractivity contribution in [2.45, 2.75) is 23.8 Å². The minimum atomic E-state index is -3.81. The minimum Gasteiger partial charge on any atom is -0.378 e. The highest BCUT2D eigenvalue weighted by Crippen LogP contribution is 2.30. The summed E-state index contributed by atoms with van der Waals surface area (Å²) in [5.74, 6) is -0.411. The van der Waals surface area contributed by atoms with Crippen LogP contribution < -0.4 is 10.2 Å². The number of anilines is 2. The van der Waals surface area contributed by atoms with Crippen LogP contribution in [0.3, 0.4) is 0 Å². The third kappa shape index (κ3) is 4.63. The molecule has 0 unspecified atom stereocenters. The summed E-state index contributed by atoms with van der Waals surface area (Å²) in [5, 5.41) is 12.4. The third-order valence-corrected chi connectivity index (χ3v) is 8.27. The van der Waals surface area contributed by atoms with Crippen LogP contribution in [0, 0.1) is 0 Å². The molecule has 1 aromatic heterocycles. The maximum Gasteiger partial charge on any atom is 0.244 e. The molecule has 1 N–H and O–H groups in total. The van der Waals surface area contributed by atoms with Crippen LogP contribution in [0.4, 0.5) is 10.8 Å². The molecule has 2 aromatic carbocycles. The van der Waals surface area contributed by atoms with Crippen LogP contribution in [-0.4, -0.2) is 55.5 Å². The molecule has 4 rings (SSSR count). The van der Waals surface area contributed by atoms with E-state index in [1.54, 1.807) is 0 Å². The number of halogens is 1. The topological polar surface area (TPSA) is 95.5 Å². The van der Waals surface area contributed by atoms with E-state index in [2.05, 4.69) is 15.5 Å². The van der Waals surface area contributed by atoms with E-state index >= 15 is 0 Å². The van der Waals surface area contributed by atoms with Crippen molar-refractivity contribution in [1.82, 2.24) is 14.5 Å². The van der Waals surface area contributed by atoms with Gasteiger partial charge in [0.2, 0.25) is 21.1 Å². The monoisotopic (exact) mass is 491 g/mol. The molecule has 168 valence electrons. The first-order chi connectivity index (χ1) is 15.3. The number of nitrogens with one attached hydrogen (secondary N) is 1. The summed E-state index contributed by atoms with van der Waals surface area (Å²) >= 11 is 7.12. The lowest BCUT2D eigenvalue weighted by molar-refractivity contribution is -0.119. The number of rotatable bonds is 6. The van der Waals surface area contributed by atoms with Crippen LogP contribution >= 0.6 is 22.9 Å². The van der Waals surface area contributed by atoms with Crippen molar-refractivity contribution >= 4 is 49.7 Å². The van der Waals surface area contributed by atoms with Crippen molar-refractivity contribution in [3.8, 4) is 10.6 Å². The SMILES string of the molecule is CN(C)c1ccc(-c2nnc(NC(=O)[C@@H]3CCCN3S(=O)(=O)c3ccc(Cl)cc3)s2)cc1. The Hall–Kier alpha value is -2.53. The summed E-state index contributed by atoms with van der Waals surface area (Å²) in [7, 11) is 0.117. The average Bonchev–Trinajstić information content (AvgIpc) is 3.44. The van der Waals surface area contributed by atoms with Crippen LogP contribution in [0.25, 0.3) is 10.6 Å². The lowest BCUT2D eigenvalue weighted by atomic mass is 10.2. The first-order valence-electron chi connectivity index (χ1n) is 9.95. The number of sulfonamides is 1. The van der Waals surface area contributed by atoms with E-state index in [1.165, 1.54) is 39.9 Å². The molecule has 8 nitrogen and oxygen atoms in total. The van der Waals surface area contributed by atoms with Gasteiger partial charge < -0.3 is 4.90 Å². The highest BCUT2D eigenvalue weighted by molar-refractivity contribution is 7.89. The molecule has 1 saturated heterocycles. The van der Waals surface area contributed by atoms with Crippen molar-refractivity contribution < 1.29 is 13.2 Å². The molecule has 0 spiro atoms. The predicted octanol–water partition coefficient (Wildman–Crippen LogP) is 3.72. The molecular weight excluding hydrogens is 470 g/mol. The lowest BCUT2D eigenvalue weighted by Gasteiger charge is -2.23. The number of hydrogen-bond acceptors (Lipinski definition) is 7. The molecule has 32 heavy (non-hydrogen) atoms. The smallest absolute Gasteiger partial charge is 0.244 e. The number of amides is 1. The number of carbonyl (C=O) groups is 1. The number of carbonyl (C=O) groups excluding carboxylic acids is 1. The Bertz CT molecular complexity index is 1210. The van der Waals surface area contributed by atoms with Crippen molar-refractivity contribution in [2.24, 2.45) is 0 Å². The van der Waals surface area contributed by atoms with Crippen molar-refractivity contribution in [1.29, 1.82) is 0 Å². The van der Waals surface area contributed by atoms with Gasteiger partial charge in [0.15, 0.2) is 0 Å². The first-order valence-corrected chi connectivity index (χ1v) is 12.6. The fourth-order valence-electron chi connectivity index (χ4n) is 3.51. The predicted molar refractivity (Wildman–Crippen MR) is 127 cm³/mol. The molecule has 1 aliphatic heterocycles. The van der Waals surface area contributed by atoms with Crippen LogP contribution in [0.15, 0.2) is 53.4 Å². The zero-order valence-corrected chi connectivity index (χ0v) is 19.9. The van der Waals surface area contributed by atoms with E-state index in [-0.39, 0.29) is 11.4 Å². The zero-order valence-electron chi connectivity index (χ0n) is 17.5. The van der Waals surface area contributed by atoms with E-state index in [9.17, 15) is 13.2 Å². The molecule has 1 aliphatic rings. The summed E-state index contributed by atoms with van der Waals surface area (Å²) in [6.07, 6.45) is 1.04. The maximum atomic E-state index is 13.1. The second-order valence-corrected chi connectivity index (χ2v) is 10.9. The van der Waals surface area contributed by atoms with E-state index in [1.807, 2.05) is 43.3 Å². The molecule has 1 atom stereocenters. The van der Waals surface area contributed by atoms with Gasteiger partial charge in [0, 0.05) is 36.9 Å². The van der Waals surface area contributed by atoms with Crippen LogP contribution in [0.2, 0.25) is 5.02 Å².